The molecule has 0 saturated carbocycles. The number of likely N-dealkylation sites (tertiary alicyclic amines) is 1. The third-order valence-corrected chi connectivity index (χ3v) is 4.65. The van der Waals surface area contributed by atoms with Crippen molar-refractivity contribution in [2.24, 2.45) is 5.92 Å². The molecule has 1 aromatic carbocycles. The maximum Gasteiger partial charge on any atom is 0.123 e. The van der Waals surface area contributed by atoms with Crippen molar-refractivity contribution in [1.29, 1.82) is 0 Å². The maximum absolute atomic E-state index is 13.3. The Kier molecular flexibility index (Phi) is 6.19. The molecule has 1 fully saturated rings. The molecule has 0 aromatic heterocycles. The van der Waals surface area contributed by atoms with Crippen molar-refractivity contribution in [3.05, 3.63) is 35.6 Å². The van der Waals surface area contributed by atoms with Gasteiger partial charge in [0.25, 0.3) is 0 Å². The lowest BCUT2D eigenvalue weighted by molar-refractivity contribution is 0.147. The van der Waals surface area contributed by atoms with E-state index in [0.29, 0.717) is 12.0 Å². The molecule has 0 spiro atoms. The molecule has 0 amide bonds. The van der Waals surface area contributed by atoms with Crippen molar-refractivity contribution < 1.29 is 4.39 Å². The highest BCUT2D eigenvalue weighted by Crippen LogP contribution is 2.22. The van der Waals surface area contributed by atoms with Gasteiger partial charge in [0.05, 0.1) is 0 Å². The third-order valence-electron chi connectivity index (χ3n) is 4.65. The van der Waals surface area contributed by atoms with Gasteiger partial charge in [0.15, 0.2) is 0 Å². The summed E-state index contributed by atoms with van der Waals surface area (Å²) in [5.74, 6) is 0.543. The number of halogens is 1. The van der Waals surface area contributed by atoms with Gasteiger partial charge in [-0.15, -0.1) is 0 Å². The van der Waals surface area contributed by atoms with Gasteiger partial charge in [-0.3, -0.25) is 0 Å². The van der Waals surface area contributed by atoms with E-state index in [-0.39, 0.29) is 11.9 Å². The standard InChI is InChI=1S/C18H29FN2/c1-4-10-21-11-6-8-17(13-21)15(3)20-14(2)16-7-5-9-18(19)12-16/h5,7,9,12,14-15,17,20H,4,6,8,10-11,13H2,1-3H3/t14-,15?,17?/m0/s1. The zero-order valence-electron chi connectivity index (χ0n) is 13.6. The molecule has 0 radical (unpaired) electrons. The van der Waals surface area contributed by atoms with Crippen LogP contribution in [0, 0.1) is 11.7 Å². The van der Waals surface area contributed by atoms with Crippen LogP contribution in [0.1, 0.15) is 51.6 Å². The molecule has 21 heavy (non-hydrogen) atoms. The highest BCUT2D eigenvalue weighted by molar-refractivity contribution is 5.19. The Hall–Kier alpha value is -0.930. The van der Waals surface area contributed by atoms with Crippen LogP contribution in [-0.4, -0.2) is 30.6 Å². The van der Waals surface area contributed by atoms with Crippen molar-refractivity contribution in [2.75, 3.05) is 19.6 Å². The number of nitrogens with zero attached hydrogens (tertiary/aromatic N) is 1. The summed E-state index contributed by atoms with van der Waals surface area (Å²) in [4.78, 5) is 2.58. The summed E-state index contributed by atoms with van der Waals surface area (Å²) >= 11 is 0. The van der Waals surface area contributed by atoms with E-state index in [1.165, 1.54) is 45.0 Å². The van der Waals surface area contributed by atoms with Crippen LogP contribution in [-0.2, 0) is 0 Å². The van der Waals surface area contributed by atoms with Gasteiger partial charge in [-0.1, -0.05) is 19.1 Å². The van der Waals surface area contributed by atoms with Crippen molar-refractivity contribution >= 4 is 0 Å². The molecule has 0 bridgehead atoms. The van der Waals surface area contributed by atoms with Crippen molar-refractivity contribution in [3.63, 3.8) is 0 Å². The first-order valence-corrected chi connectivity index (χ1v) is 8.34. The van der Waals surface area contributed by atoms with E-state index in [1.807, 2.05) is 6.07 Å². The van der Waals surface area contributed by atoms with Gasteiger partial charge in [0, 0.05) is 18.6 Å². The molecular weight excluding hydrogens is 263 g/mol. The SMILES string of the molecule is CCCN1CCCC(C(C)N[C@@H](C)c2cccc(F)c2)C1. The molecule has 3 atom stereocenters. The predicted octanol–water partition coefficient (Wildman–Crippen LogP) is 3.99. The first-order valence-electron chi connectivity index (χ1n) is 8.34. The summed E-state index contributed by atoms with van der Waals surface area (Å²) in [6.07, 6.45) is 3.82. The molecule has 1 heterocycles. The summed E-state index contributed by atoms with van der Waals surface area (Å²) in [5.41, 5.74) is 1.03. The van der Waals surface area contributed by atoms with Gasteiger partial charge in [-0.25, -0.2) is 4.39 Å². The number of hydrogen-bond acceptors (Lipinski definition) is 2. The van der Waals surface area contributed by atoms with Crippen LogP contribution in [0.15, 0.2) is 24.3 Å². The Labute approximate surface area is 128 Å². The smallest absolute Gasteiger partial charge is 0.123 e. The number of nitrogens with one attached hydrogen (secondary N) is 1. The molecule has 2 unspecified atom stereocenters. The summed E-state index contributed by atoms with van der Waals surface area (Å²) in [6, 6.07) is 7.58. The first kappa shape index (κ1) is 16.4. The van der Waals surface area contributed by atoms with Gasteiger partial charge < -0.3 is 10.2 Å². The maximum atomic E-state index is 13.3. The minimum atomic E-state index is -0.152. The molecule has 3 heteroatoms. The van der Waals surface area contributed by atoms with Crippen molar-refractivity contribution in [2.45, 2.75) is 52.1 Å². The van der Waals surface area contributed by atoms with E-state index in [1.54, 1.807) is 12.1 Å². The van der Waals surface area contributed by atoms with Crippen LogP contribution >= 0.6 is 0 Å². The second kappa shape index (κ2) is 7.90. The zero-order chi connectivity index (χ0) is 15.2. The van der Waals surface area contributed by atoms with Crippen molar-refractivity contribution in [1.82, 2.24) is 10.2 Å². The first-order chi connectivity index (χ1) is 10.1. The highest BCUT2D eigenvalue weighted by atomic mass is 19.1. The fourth-order valence-electron chi connectivity index (χ4n) is 3.42. The van der Waals surface area contributed by atoms with E-state index < -0.39 is 0 Å². The van der Waals surface area contributed by atoms with E-state index in [9.17, 15) is 4.39 Å². The fourth-order valence-corrected chi connectivity index (χ4v) is 3.42. The molecular formula is C18H29FN2. The van der Waals surface area contributed by atoms with Crippen molar-refractivity contribution in [3.8, 4) is 0 Å². The lowest BCUT2D eigenvalue weighted by Crippen LogP contribution is -2.45. The average molecular weight is 292 g/mol. The second-order valence-corrected chi connectivity index (χ2v) is 6.43. The number of benzene rings is 1. The number of hydrogen-bond donors (Lipinski definition) is 1. The van der Waals surface area contributed by atoms with Gasteiger partial charge in [0.2, 0.25) is 0 Å². The summed E-state index contributed by atoms with van der Waals surface area (Å²) in [6.45, 7) is 10.3. The molecule has 1 saturated heterocycles. The van der Waals surface area contributed by atoms with E-state index in [4.69, 9.17) is 0 Å². The monoisotopic (exact) mass is 292 g/mol. The average Bonchev–Trinajstić information content (AvgIpc) is 2.48. The van der Waals surface area contributed by atoms with Crippen LogP contribution in [0.25, 0.3) is 0 Å². The molecule has 2 rings (SSSR count). The van der Waals surface area contributed by atoms with Gasteiger partial charge in [0.1, 0.15) is 5.82 Å². The fraction of sp³-hybridized carbons (Fsp3) is 0.667. The van der Waals surface area contributed by atoms with Crippen LogP contribution in [0.4, 0.5) is 4.39 Å². The Balaban J connectivity index is 1.89. The highest BCUT2D eigenvalue weighted by Gasteiger charge is 2.25. The molecule has 0 aliphatic carbocycles. The minimum Gasteiger partial charge on any atom is -0.307 e. The lowest BCUT2D eigenvalue weighted by atomic mass is 9.90. The number of piperidine rings is 1. The Morgan fingerprint density at radius 2 is 2.19 bits per heavy atom. The summed E-state index contributed by atoms with van der Waals surface area (Å²) < 4.78 is 13.3. The Morgan fingerprint density at radius 3 is 2.90 bits per heavy atom. The molecule has 1 aromatic rings. The predicted molar refractivity (Wildman–Crippen MR) is 86.9 cm³/mol. The number of rotatable bonds is 6. The molecule has 1 N–H and O–H groups in total. The second-order valence-electron chi connectivity index (χ2n) is 6.43. The van der Waals surface area contributed by atoms with Crippen LogP contribution < -0.4 is 5.32 Å². The lowest BCUT2D eigenvalue weighted by Gasteiger charge is -2.37. The molecule has 1 aliphatic heterocycles. The largest absolute Gasteiger partial charge is 0.307 e. The molecule has 1 aliphatic rings. The van der Waals surface area contributed by atoms with E-state index in [0.717, 1.165) is 5.56 Å². The van der Waals surface area contributed by atoms with Gasteiger partial charge >= 0.3 is 0 Å². The van der Waals surface area contributed by atoms with E-state index in [2.05, 4.69) is 31.0 Å². The minimum absolute atomic E-state index is 0.152. The summed E-state index contributed by atoms with van der Waals surface area (Å²) in [7, 11) is 0. The van der Waals surface area contributed by atoms with Gasteiger partial charge in [-0.05, 0) is 69.8 Å². The molecule has 2 nitrogen and oxygen atoms in total. The van der Waals surface area contributed by atoms with E-state index >= 15 is 0 Å². The molecule has 118 valence electrons. The Bertz CT molecular complexity index is 433. The topological polar surface area (TPSA) is 15.3 Å². The zero-order valence-corrected chi connectivity index (χ0v) is 13.6. The van der Waals surface area contributed by atoms with Crippen LogP contribution in [0.5, 0.6) is 0 Å². The third kappa shape index (κ3) is 4.79. The normalized spacial score (nSPS) is 23.0. The van der Waals surface area contributed by atoms with Gasteiger partial charge in [-0.2, -0.15) is 0 Å². The quantitative estimate of drug-likeness (QED) is 0.853. The van der Waals surface area contributed by atoms with Crippen LogP contribution in [0.3, 0.4) is 0 Å². The summed E-state index contributed by atoms with van der Waals surface area (Å²) in [5, 5.41) is 3.66. The Morgan fingerprint density at radius 1 is 1.38 bits per heavy atom. The van der Waals surface area contributed by atoms with Crippen LogP contribution in [0.2, 0.25) is 0 Å².